The van der Waals surface area contributed by atoms with Gasteiger partial charge >= 0.3 is 0 Å². The molecule has 0 aromatic carbocycles. The van der Waals surface area contributed by atoms with E-state index in [1.54, 1.807) is 11.1 Å². The van der Waals surface area contributed by atoms with Gasteiger partial charge in [0.15, 0.2) is 0 Å². The first-order valence-electron chi connectivity index (χ1n) is 8.82. The van der Waals surface area contributed by atoms with E-state index in [-0.39, 0.29) is 0 Å². The van der Waals surface area contributed by atoms with Crippen LogP contribution < -0.4 is 0 Å². The summed E-state index contributed by atoms with van der Waals surface area (Å²) in [6, 6.07) is 2.18. The molecule has 1 aromatic heterocycles. The van der Waals surface area contributed by atoms with Crippen LogP contribution in [0.5, 0.6) is 0 Å². The Hall–Kier alpha value is -1.24. The largest absolute Gasteiger partial charge is 0.365 e. The zero-order valence-corrected chi connectivity index (χ0v) is 15.8. The monoisotopic (exact) mass is 301 g/mol. The number of aromatic nitrogens is 1. The second-order valence-electron chi connectivity index (χ2n) is 7.55. The number of allylic oxidation sites excluding steroid dienone is 4. The molecule has 1 aromatic rings. The highest BCUT2D eigenvalue weighted by molar-refractivity contribution is 5.36. The van der Waals surface area contributed by atoms with E-state index in [1.807, 2.05) is 6.20 Å². The Balaban J connectivity index is 0.000000220. The van der Waals surface area contributed by atoms with Crippen molar-refractivity contribution in [3.63, 3.8) is 0 Å². The molecule has 0 spiro atoms. The molecule has 0 unspecified atom stereocenters. The number of nitrogens with one attached hydrogen (secondary N) is 1. The van der Waals surface area contributed by atoms with Crippen molar-refractivity contribution >= 4 is 0 Å². The van der Waals surface area contributed by atoms with E-state index in [4.69, 9.17) is 0 Å². The fraction of sp³-hybridized carbons (Fsp3) is 0.619. The number of H-pyrrole nitrogens is 1. The molecule has 1 heteroatoms. The number of hydrogen-bond donors (Lipinski definition) is 1. The Bertz CT molecular complexity index is 487. The van der Waals surface area contributed by atoms with Crippen molar-refractivity contribution in [2.75, 3.05) is 0 Å². The van der Waals surface area contributed by atoms with E-state index in [0.717, 1.165) is 5.92 Å². The van der Waals surface area contributed by atoms with E-state index in [9.17, 15) is 0 Å². The minimum atomic E-state index is 0.613. The molecule has 1 nitrogen and oxygen atoms in total. The number of rotatable bonds is 4. The standard InChI is InChI=1S/C11H18.C10H17N/c1-8(2)10-6-5-7-11(10)9(3)4;1-7(2)9-5-6-11-10(9)8(3)4/h5-6,8-9H,7H2,1-4H3;5-8,11H,1-4H3. The Morgan fingerprint density at radius 2 is 1.45 bits per heavy atom. The molecule has 124 valence electrons. The van der Waals surface area contributed by atoms with Crippen molar-refractivity contribution in [3.05, 3.63) is 46.8 Å². The van der Waals surface area contributed by atoms with Crippen LogP contribution in [0.2, 0.25) is 0 Å². The fourth-order valence-electron chi connectivity index (χ4n) is 3.07. The van der Waals surface area contributed by atoms with Crippen molar-refractivity contribution in [2.24, 2.45) is 11.8 Å². The lowest BCUT2D eigenvalue weighted by atomic mass is 9.93. The van der Waals surface area contributed by atoms with Crippen LogP contribution >= 0.6 is 0 Å². The summed E-state index contributed by atoms with van der Waals surface area (Å²) < 4.78 is 0. The van der Waals surface area contributed by atoms with Crippen molar-refractivity contribution in [1.29, 1.82) is 0 Å². The predicted octanol–water partition coefficient (Wildman–Crippen LogP) is 6.82. The highest BCUT2D eigenvalue weighted by atomic mass is 14.7. The van der Waals surface area contributed by atoms with Gasteiger partial charge in [-0.3, -0.25) is 0 Å². The molecule has 0 saturated carbocycles. The van der Waals surface area contributed by atoms with E-state index < -0.39 is 0 Å². The maximum absolute atomic E-state index is 3.29. The first-order chi connectivity index (χ1) is 10.3. The molecule has 0 radical (unpaired) electrons. The Kier molecular flexibility index (Phi) is 7.19. The SMILES string of the molecule is CC(C)C1=C(C(C)C)CC=C1.CC(C)c1cc[nH]c1C(C)C. The van der Waals surface area contributed by atoms with Gasteiger partial charge in [-0.2, -0.15) is 0 Å². The van der Waals surface area contributed by atoms with E-state index in [2.05, 4.69) is 78.6 Å². The molecule has 22 heavy (non-hydrogen) atoms. The Labute approximate surface area is 137 Å². The summed E-state index contributed by atoms with van der Waals surface area (Å²) in [5.41, 5.74) is 6.06. The lowest BCUT2D eigenvalue weighted by molar-refractivity contribution is 0.702. The third kappa shape index (κ3) is 4.90. The normalized spacial score (nSPS) is 14.5. The third-order valence-electron chi connectivity index (χ3n) is 4.34. The summed E-state index contributed by atoms with van der Waals surface area (Å²) in [6.45, 7) is 18.0. The summed E-state index contributed by atoms with van der Waals surface area (Å²) in [4.78, 5) is 3.29. The average Bonchev–Trinajstić information content (AvgIpc) is 3.08. The molecule has 1 N–H and O–H groups in total. The molecule has 2 rings (SSSR count). The fourth-order valence-corrected chi connectivity index (χ4v) is 3.07. The first kappa shape index (κ1) is 18.8. The predicted molar refractivity (Wildman–Crippen MR) is 99.4 cm³/mol. The molecule has 0 amide bonds. The molecule has 0 fully saturated rings. The van der Waals surface area contributed by atoms with Crippen LogP contribution in [0.1, 0.15) is 84.9 Å². The zero-order chi connectivity index (χ0) is 16.9. The maximum Gasteiger partial charge on any atom is 0.0208 e. The zero-order valence-electron chi connectivity index (χ0n) is 15.8. The van der Waals surface area contributed by atoms with Crippen LogP contribution in [-0.2, 0) is 0 Å². The molecule has 1 aliphatic carbocycles. The van der Waals surface area contributed by atoms with Gasteiger partial charge in [-0.15, -0.1) is 0 Å². The van der Waals surface area contributed by atoms with Gasteiger partial charge in [0.05, 0.1) is 0 Å². The smallest absolute Gasteiger partial charge is 0.0208 e. The summed E-state index contributed by atoms with van der Waals surface area (Å²) in [7, 11) is 0. The van der Waals surface area contributed by atoms with Crippen molar-refractivity contribution in [3.8, 4) is 0 Å². The number of aromatic amines is 1. The van der Waals surface area contributed by atoms with E-state index in [1.165, 1.54) is 17.7 Å². The van der Waals surface area contributed by atoms with Crippen LogP contribution in [0, 0.1) is 11.8 Å². The third-order valence-corrected chi connectivity index (χ3v) is 4.34. The minimum Gasteiger partial charge on any atom is -0.365 e. The van der Waals surface area contributed by atoms with Gasteiger partial charge in [-0.05, 0) is 47.3 Å². The average molecular weight is 302 g/mol. The quantitative estimate of drug-likeness (QED) is 0.628. The lowest BCUT2D eigenvalue weighted by Crippen LogP contribution is -1.98. The van der Waals surface area contributed by atoms with Crippen LogP contribution in [-0.4, -0.2) is 4.98 Å². The first-order valence-corrected chi connectivity index (χ1v) is 8.82. The van der Waals surface area contributed by atoms with Crippen molar-refractivity contribution in [1.82, 2.24) is 4.98 Å². The molecular weight excluding hydrogens is 266 g/mol. The van der Waals surface area contributed by atoms with Crippen LogP contribution in [0.3, 0.4) is 0 Å². The molecular formula is C21H35N. The topological polar surface area (TPSA) is 15.8 Å². The van der Waals surface area contributed by atoms with Crippen LogP contribution in [0.15, 0.2) is 35.6 Å². The molecule has 1 aliphatic rings. The van der Waals surface area contributed by atoms with Gasteiger partial charge in [-0.1, -0.05) is 73.1 Å². The van der Waals surface area contributed by atoms with E-state index in [0.29, 0.717) is 17.8 Å². The highest BCUT2D eigenvalue weighted by Gasteiger charge is 2.14. The molecule has 1 heterocycles. The lowest BCUT2D eigenvalue weighted by Gasteiger charge is -2.13. The van der Waals surface area contributed by atoms with Gasteiger partial charge in [0, 0.05) is 11.9 Å². The minimum absolute atomic E-state index is 0.613. The van der Waals surface area contributed by atoms with Gasteiger partial charge in [-0.25, -0.2) is 0 Å². The van der Waals surface area contributed by atoms with Gasteiger partial charge in [0.25, 0.3) is 0 Å². The van der Waals surface area contributed by atoms with Crippen LogP contribution in [0.4, 0.5) is 0 Å². The second kappa shape index (κ2) is 8.41. The van der Waals surface area contributed by atoms with Gasteiger partial charge < -0.3 is 4.98 Å². The van der Waals surface area contributed by atoms with Crippen molar-refractivity contribution < 1.29 is 0 Å². The molecule has 0 aliphatic heterocycles. The summed E-state index contributed by atoms with van der Waals surface area (Å²) in [6.07, 6.45) is 7.79. The molecule has 0 atom stereocenters. The van der Waals surface area contributed by atoms with E-state index >= 15 is 0 Å². The summed E-state index contributed by atoms with van der Waals surface area (Å²) >= 11 is 0. The number of hydrogen-bond acceptors (Lipinski definition) is 0. The molecule has 0 bridgehead atoms. The van der Waals surface area contributed by atoms with Gasteiger partial charge in [0.1, 0.15) is 0 Å². The Morgan fingerprint density at radius 3 is 1.82 bits per heavy atom. The second-order valence-corrected chi connectivity index (χ2v) is 7.55. The summed E-state index contributed by atoms with van der Waals surface area (Å²) in [5, 5.41) is 0. The van der Waals surface area contributed by atoms with Crippen molar-refractivity contribution in [2.45, 2.75) is 73.6 Å². The van der Waals surface area contributed by atoms with Crippen LogP contribution in [0.25, 0.3) is 0 Å². The molecule has 0 saturated heterocycles. The summed E-state index contributed by atoms with van der Waals surface area (Å²) in [5.74, 6) is 2.68. The van der Waals surface area contributed by atoms with Gasteiger partial charge in [0.2, 0.25) is 0 Å². The maximum atomic E-state index is 3.29. The highest BCUT2D eigenvalue weighted by Crippen LogP contribution is 2.30. The Morgan fingerprint density at radius 1 is 0.818 bits per heavy atom.